The lowest BCUT2D eigenvalue weighted by molar-refractivity contribution is 0.0559. The number of rotatable bonds is 3. The van der Waals surface area contributed by atoms with Crippen molar-refractivity contribution in [3.63, 3.8) is 0 Å². The molecule has 1 aliphatic heterocycles. The van der Waals surface area contributed by atoms with Gasteiger partial charge in [-0.2, -0.15) is 0 Å². The fourth-order valence-corrected chi connectivity index (χ4v) is 5.32. The third-order valence-electron chi connectivity index (χ3n) is 7.00. The van der Waals surface area contributed by atoms with Crippen LogP contribution in [0.15, 0.2) is 24.5 Å². The number of nitrogens with one attached hydrogen (secondary N) is 2. The maximum atomic E-state index is 10.9. The van der Waals surface area contributed by atoms with Crippen molar-refractivity contribution in [3.8, 4) is 0 Å². The molecule has 1 saturated heterocycles. The minimum atomic E-state index is -0.313. The van der Waals surface area contributed by atoms with Crippen LogP contribution in [0, 0.1) is 0 Å². The van der Waals surface area contributed by atoms with Crippen LogP contribution in [0.1, 0.15) is 56.2 Å². The zero-order valence-corrected chi connectivity index (χ0v) is 17.1. The van der Waals surface area contributed by atoms with Gasteiger partial charge in [-0.25, -0.2) is 15.0 Å². The smallest absolute Gasteiger partial charge is 0.228 e. The van der Waals surface area contributed by atoms with E-state index in [0.717, 1.165) is 75.5 Å². The van der Waals surface area contributed by atoms with Crippen LogP contribution < -0.4 is 15.5 Å². The highest BCUT2D eigenvalue weighted by Crippen LogP contribution is 2.51. The van der Waals surface area contributed by atoms with E-state index in [9.17, 15) is 5.11 Å². The predicted molar refractivity (Wildman–Crippen MR) is 114 cm³/mol. The van der Waals surface area contributed by atoms with Gasteiger partial charge in [0.15, 0.2) is 0 Å². The second-order valence-corrected chi connectivity index (χ2v) is 8.78. The van der Waals surface area contributed by atoms with Gasteiger partial charge in [0.1, 0.15) is 5.82 Å². The molecule has 0 amide bonds. The molecule has 0 radical (unpaired) electrons. The van der Waals surface area contributed by atoms with Gasteiger partial charge < -0.3 is 20.6 Å². The van der Waals surface area contributed by atoms with Gasteiger partial charge in [-0.3, -0.25) is 0 Å². The normalized spacial score (nSPS) is 25.8. The summed E-state index contributed by atoms with van der Waals surface area (Å²) in [7, 11) is 0. The number of nitrogens with zero attached hydrogens (tertiary/aromatic N) is 4. The Morgan fingerprint density at radius 2 is 1.93 bits per heavy atom. The van der Waals surface area contributed by atoms with Crippen LogP contribution in [0.3, 0.4) is 0 Å². The maximum absolute atomic E-state index is 10.9. The molecule has 3 N–H and O–H groups in total. The molecule has 5 rings (SSSR count). The van der Waals surface area contributed by atoms with Crippen LogP contribution in [0.25, 0.3) is 0 Å². The highest BCUT2D eigenvalue weighted by atomic mass is 16.3. The zero-order chi connectivity index (χ0) is 19.8. The lowest BCUT2D eigenvalue weighted by atomic mass is 9.67. The van der Waals surface area contributed by atoms with Crippen molar-refractivity contribution >= 4 is 17.5 Å². The van der Waals surface area contributed by atoms with Crippen LogP contribution >= 0.6 is 0 Å². The van der Waals surface area contributed by atoms with E-state index in [-0.39, 0.29) is 17.4 Å². The third-order valence-corrected chi connectivity index (χ3v) is 7.00. The van der Waals surface area contributed by atoms with Gasteiger partial charge in [-0.05, 0) is 42.9 Å². The molecule has 2 aromatic heterocycles. The lowest BCUT2D eigenvalue weighted by Gasteiger charge is -2.41. The fourth-order valence-electron chi connectivity index (χ4n) is 5.32. The van der Waals surface area contributed by atoms with Crippen molar-refractivity contribution in [3.05, 3.63) is 35.8 Å². The van der Waals surface area contributed by atoms with E-state index in [0.29, 0.717) is 5.95 Å². The predicted octanol–water partition coefficient (Wildman–Crippen LogP) is 2.70. The number of hydrogen-bond donors (Lipinski definition) is 3. The molecule has 1 spiro atoms. The van der Waals surface area contributed by atoms with Gasteiger partial charge in [0.2, 0.25) is 5.95 Å². The summed E-state index contributed by atoms with van der Waals surface area (Å²) in [5.74, 6) is 1.60. The number of anilines is 3. The summed E-state index contributed by atoms with van der Waals surface area (Å²) < 4.78 is 0. The van der Waals surface area contributed by atoms with E-state index in [1.54, 1.807) is 0 Å². The second-order valence-electron chi connectivity index (χ2n) is 8.78. The first-order chi connectivity index (χ1) is 14.2. The van der Waals surface area contributed by atoms with Crippen molar-refractivity contribution in [2.24, 2.45) is 0 Å². The summed E-state index contributed by atoms with van der Waals surface area (Å²) in [5, 5.41) is 17.6. The van der Waals surface area contributed by atoms with Gasteiger partial charge in [-0.1, -0.05) is 19.8 Å². The van der Waals surface area contributed by atoms with Gasteiger partial charge in [0, 0.05) is 37.8 Å². The van der Waals surface area contributed by atoms with Crippen LogP contribution in [-0.2, 0) is 5.41 Å². The summed E-state index contributed by atoms with van der Waals surface area (Å²) in [6, 6.07) is 4.09. The summed E-state index contributed by atoms with van der Waals surface area (Å²) in [6.07, 6.45) is 8.71. The highest BCUT2D eigenvalue weighted by molar-refractivity contribution is 5.54. The van der Waals surface area contributed by atoms with E-state index in [1.807, 2.05) is 18.5 Å². The van der Waals surface area contributed by atoms with Gasteiger partial charge in [-0.15, -0.1) is 0 Å². The monoisotopic (exact) mass is 394 g/mol. The van der Waals surface area contributed by atoms with Crippen molar-refractivity contribution in [1.29, 1.82) is 0 Å². The minimum absolute atomic E-state index is 0.194. The average Bonchev–Trinajstić information content (AvgIpc) is 3.25. The summed E-state index contributed by atoms with van der Waals surface area (Å²) in [5.41, 5.74) is 3.20. The Bertz CT molecular complexity index is 858. The van der Waals surface area contributed by atoms with Crippen molar-refractivity contribution in [2.75, 3.05) is 36.4 Å². The number of pyridine rings is 1. The van der Waals surface area contributed by atoms with E-state index in [2.05, 4.69) is 38.5 Å². The molecule has 154 valence electrons. The molecular formula is C22H30N6O. The molecule has 1 unspecified atom stereocenters. The van der Waals surface area contributed by atoms with E-state index in [1.165, 1.54) is 5.56 Å². The number of hydrogen-bond acceptors (Lipinski definition) is 7. The quantitative estimate of drug-likeness (QED) is 0.738. The van der Waals surface area contributed by atoms with E-state index < -0.39 is 0 Å². The Balaban J connectivity index is 1.39. The molecule has 3 heterocycles. The Morgan fingerprint density at radius 1 is 1.14 bits per heavy atom. The molecule has 29 heavy (non-hydrogen) atoms. The lowest BCUT2D eigenvalue weighted by Crippen LogP contribution is -2.43. The summed E-state index contributed by atoms with van der Waals surface area (Å²) in [4.78, 5) is 16.4. The second kappa shape index (κ2) is 7.54. The first-order valence-corrected chi connectivity index (χ1v) is 10.9. The standard InChI is InChI=1S/C22H30N6O/c1-15-12-18(29)22(6-2-3-7-22)20-17(15)14-25-21(27-20)26-19-5-4-16(13-24-19)28-10-8-23-9-11-28/h4-5,13-15,18,23,29H,2-3,6-12H2,1H3,(H,24,25,26,27)/t15?,18-/m0/s1. The third kappa shape index (κ3) is 3.36. The maximum Gasteiger partial charge on any atom is 0.228 e. The zero-order valence-electron chi connectivity index (χ0n) is 17.1. The van der Waals surface area contributed by atoms with Gasteiger partial charge in [0.05, 0.1) is 23.7 Å². The van der Waals surface area contributed by atoms with E-state index in [4.69, 9.17) is 4.98 Å². The minimum Gasteiger partial charge on any atom is -0.392 e. The van der Waals surface area contributed by atoms with Crippen molar-refractivity contribution in [2.45, 2.75) is 56.5 Å². The largest absolute Gasteiger partial charge is 0.392 e. The first kappa shape index (κ1) is 18.8. The van der Waals surface area contributed by atoms with E-state index >= 15 is 0 Å². The molecule has 1 saturated carbocycles. The Kier molecular flexibility index (Phi) is 4.87. The Morgan fingerprint density at radius 3 is 2.66 bits per heavy atom. The molecule has 2 atom stereocenters. The molecule has 2 aliphatic carbocycles. The SMILES string of the molecule is CC1C[C@H](O)C2(CCCC2)c2nc(Nc3ccc(N4CCNCC4)cn3)ncc21. The molecule has 0 bridgehead atoms. The van der Waals surface area contributed by atoms with Crippen LogP contribution in [0.5, 0.6) is 0 Å². The molecule has 2 aromatic rings. The number of aliphatic hydroxyl groups excluding tert-OH is 1. The fraction of sp³-hybridized carbons (Fsp3) is 0.591. The van der Waals surface area contributed by atoms with Crippen molar-refractivity contribution in [1.82, 2.24) is 20.3 Å². The topological polar surface area (TPSA) is 86.2 Å². The number of piperazine rings is 1. The molecule has 0 aromatic carbocycles. The molecule has 2 fully saturated rings. The van der Waals surface area contributed by atoms with Crippen LogP contribution in [0.4, 0.5) is 17.5 Å². The first-order valence-electron chi connectivity index (χ1n) is 10.9. The van der Waals surface area contributed by atoms with Gasteiger partial charge >= 0.3 is 0 Å². The molecular weight excluding hydrogens is 364 g/mol. The van der Waals surface area contributed by atoms with Crippen LogP contribution in [-0.4, -0.2) is 52.3 Å². The molecule has 3 aliphatic rings. The Hall–Kier alpha value is -2.25. The Labute approximate surface area is 172 Å². The van der Waals surface area contributed by atoms with Crippen molar-refractivity contribution < 1.29 is 5.11 Å². The average molecular weight is 395 g/mol. The molecule has 7 heteroatoms. The highest BCUT2D eigenvalue weighted by Gasteiger charge is 2.48. The van der Waals surface area contributed by atoms with Gasteiger partial charge in [0.25, 0.3) is 0 Å². The molecule has 7 nitrogen and oxygen atoms in total. The van der Waals surface area contributed by atoms with Crippen LogP contribution in [0.2, 0.25) is 0 Å². The number of fused-ring (bicyclic) bond motifs is 2. The number of aliphatic hydroxyl groups is 1. The number of aromatic nitrogens is 3. The summed E-state index contributed by atoms with van der Waals surface area (Å²) >= 11 is 0. The summed E-state index contributed by atoms with van der Waals surface area (Å²) in [6.45, 7) is 6.19.